The average Bonchev–Trinajstić information content (AvgIpc) is 2.85. The number of hydrogen-bond acceptors (Lipinski definition) is 3. The Morgan fingerprint density at radius 2 is 2.00 bits per heavy atom. The molecule has 0 saturated carbocycles. The predicted molar refractivity (Wildman–Crippen MR) is 92.7 cm³/mol. The van der Waals surface area contributed by atoms with Gasteiger partial charge in [-0.05, 0) is 49.2 Å². The van der Waals surface area contributed by atoms with Crippen molar-refractivity contribution in [2.24, 2.45) is 0 Å². The predicted octanol–water partition coefficient (Wildman–Crippen LogP) is 3.13. The summed E-state index contributed by atoms with van der Waals surface area (Å²) in [5.74, 6) is -0.399. The number of carbonyl (C=O) groups is 1. The molecular formula is C18H19ClFN3O. The Hall–Kier alpha value is -1.98. The fourth-order valence-electron chi connectivity index (χ4n) is 3.74. The Bertz CT molecular complexity index is 745. The highest BCUT2D eigenvalue weighted by Crippen LogP contribution is 2.45. The fraction of sp³-hybridized carbons (Fsp3) is 0.333. The van der Waals surface area contributed by atoms with Gasteiger partial charge < -0.3 is 5.32 Å². The summed E-state index contributed by atoms with van der Waals surface area (Å²) in [6.45, 7) is 2.47. The number of likely N-dealkylation sites (tertiary alicyclic amines) is 1. The number of carbonyl (C=O) groups excluding carboxylic acids is 1. The van der Waals surface area contributed by atoms with Crippen LogP contribution in [0.25, 0.3) is 0 Å². The number of nitrogens with zero attached hydrogens (tertiary/aromatic N) is 2. The number of amides is 1. The van der Waals surface area contributed by atoms with Crippen LogP contribution >= 0.6 is 12.4 Å². The molecule has 6 heteroatoms. The third-order valence-electron chi connectivity index (χ3n) is 5.04. The highest BCUT2D eigenvalue weighted by atomic mass is 35.5. The van der Waals surface area contributed by atoms with E-state index in [1.165, 1.54) is 11.6 Å². The van der Waals surface area contributed by atoms with Gasteiger partial charge in [0.15, 0.2) is 0 Å². The van der Waals surface area contributed by atoms with Crippen molar-refractivity contribution in [1.29, 1.82) is 0 Å². The van der Waals surface area contributed by atoms with Gasteiger partial charge in [0.2, 0.25) is 5.91 Å². The van der Waals surface area contributed by atoms with Crippen LogP contribution in [0.3, 0.4) is 0 Å². The normalized spacial score (nSPS) is 18.8. The number of nitrogens with one attached hydrogen (secondary N) is 1. The first-order chi connectivity index (χ1) is 11.2. The minimum atomic E-state index is -0.567. The van der Waals surface area contributed by atoms with Crippen molar-refractivity contribution in [3.05, 3.63) is 59.7 Å². The number of fused-ring (bicyclic) bond motifs is 2. The van der Waals surface area contributed by atoms with E-state index in [1.807, 2.05) is 18.3 Å². The smallest absolute Gasteiger partial charge is 0.235 e. The Morgan fingerprint density at radius 1 is 1.21 bits per heavy atom. The molecule has 1 fully saturated rings. The monoisotopic (exact) mass is 347 g/mol. The van der Waals surface area contributed by atoms with Gasteiger partial charge in [-0.2, -0.15) is 0 Å². The van der Waals surface area contributed by atoms with E-state index >= 15 is 0 Å². The third kappa shape index (κ3) is 2.68. The van der Waals surface area contributed by atoms with E-state index < -0.39 is 5.41 Å². The molecule has 4 nitrogen and oxygen atoms in total. The van der Waals surface area contributed by atoms with Crippen molar-refractivity contribution >= 4 is 24.0 Å². The standard InChI is InChI=1S/C18H18FN3O.ClH/c19-15-5-1-4-14-16(15)21-17(23)18(14)6-9-22(10-7-18)12-13-3-2-8-20-11-13;/h1-5,8,11H,6-7,9-10,12H2,(H,21,23);1H. The number of pyridine rings is 1. The number of para-hydroxylation sites is 1. The molecule has 0 bridgehead atoms. The summed E-state index contributed by atoms with van der Waals surface area (Å²) in [5, 5.41) is 2.75. The van der Waals surface area contributed by atoms with E-state index in [0.29, 0.717) is 5.69 Å². The SMILES string of the molecule is Cl.O=C1Nc2c(F)cccc2C12CCN(Cc1cccnc1)CC2. The highest BCUT2D eigenvalue weighted by Gasteiger charge is 2.49. The molecule has 0 unspecified atom stereocenters. The van der Waals surface area contributed by atoms with Crippen LogP contribution in [0.15, 0.2) is 42.7 Å². The lowest BCUT2D eigenvalue weighted by Gasteiger charge is -2.38. The molecule has 2 aliphatic heterocycles. The first-order valence-corrected chi connectivity index (χ1v) is 7.91. The largest absolute Gasteiger partial charge is 0.323 e. The van der Waals surface area contributed by atoms with Crippen molar-refractivity contribution in [2.45, 2.75) is 24.8 Å². The Kier molecular flexibility index (Phi) is 4.56. The topological polar surface area (TPSA) is 45.2 Å². The van der Waals surface area contributed by atoms with Crippen LogP contribution in [0.4, 0.5) is 10.1 Å². The molecule has 24 heavy (non-hydrogen) atoms. The molecule has 1 amide bonds. The second-order valence-corrected chi connectivity index (χ2v) is 6.34. The quantitative estimate of drug-likeness (QED) is 0.907. The molecule has 1 N–H and O–H groups in total. The Morgan fingerprint density at radius 3 is 2.71 bits per heavy atom. The zero-order valence-electron chi connectivity index (χ0n) is 13.2. The molecule has 1 spiro atoms. The van der Waals surface area contributed by atoms with Crippen LogP contribution in [-0.4, -0.2) is 28.9 Å². The summed E-state index contributed by atoms with van der Waals surface area (Å²) in [6, 6.07) is 8.97. The second kappa shape index (κ2) is 6.49. The summed E-state index contributed by atoms with van der Waals surface area (Å²) in [6.07, 6.45) is 5.07. The summed E-state index contributed by atoms with van der Waals surface area (Å²) >= 11 is 0. The van der Waals surface area contributed by atoms with Crippen LogP contribution in [0.1, 0.15) is 24.0 Å². The van der Waals surface area contributed by atoms with Crippen LogP contribution in [0.5, 0.6) is 0 Å². The molecule has 3 heterocycles. The number of halogens is 2. The molecule has 2 aliphatic rings. The molecule has 1 saturated heterocycles. The van der Waals surface area contributed by atoms with Gasteiger partial charge in [-0.3, -0.25) is 14.7 Å². The molecule has 2 aromatic rings. The molecule has 126 valence electrons. The summed E-state index contributed by atoms with van der Waals surface area (Å²) in [5.41, 5.74) is 1.80. The zero-order chi connectivity index (χ0) is 15.9. The molecule has 0 radical (unpaired) electrons. The van der Waals surface area contributed by atoms with Gasteiger partial charge in [0.05, 0.1) is 11.1 Å². The first kappa shape index (κ1) is 16.9. The van der Waals surface area contributed by atoms with Gasteiger partial charge in [0.1, 0.15) is 5.82 Å². The molecule has 1 aromatic heterocycles. The second-order valence-electron chi connectivity index (χ2n) is 6.34. The maximum Gasteiger partial charge on any atom is 0.235 e. The number of benzene rings is 1. The first-order valence-electron chi connectivity index (χ1n) is 7.91. The summed E-state index contributed by atoms with van der Waals surface area (Å²) in [4.78, 5) is 19.0. The van der Waals surface area contributed by atoms with Gasteiger partial charge in [0.25, 0.3) is 0 Å². The van der Waals surface area contributed by atoms with E-state index in [-0.39, 0.29) is 24.1 Å². The zero-order valence-corrected chi connectivity index (χ0v) is 14.0. The van der Waals surface area contributed by atoms with Crippen molar-refractivity contribution in [3.63, 3.8) is 0 Å². The van der Waals surface area contributed by atoms with Crippen molar-refractivity contribution in [3.8, 4) is 0 Å². The van der Waals surface area contributed by atoms with Crippen molar-refractivity contribution in [2.75, 3.05) is 18.4 Å². The van der Waals surface area contributed by atoms with Crippen LogP contribution in [0, 0.1) is 5.82 Å². The minimum Gasteiger partial charge on any atom is -0.323 e. The van der Waals surface area contributed by atoms with E-state index in [4.69, 9.17) is 0 Å². The maximum absolute atomic E-state index is 13.9. The number of rotatable bonds is 2. The maximum atomic E-state index is 13.9. The van der Waals surface area contributed by atoms with E-state index in [2.05, 4.69) is 21.3 Å². The summed E-state index contributed by atoms with van der Waals surface area (Å²) < 4.78 is 13.9. The third-order valence-corrected chi connectivity index (χ3v) is 5.04. The van der Waals surface area contributed by atoms with Gasteiger partial charge in [-0.1, -0.05) is 18.2 Å². The van der Waals surface area contributed by atoms with Crippen molar-refractivity contribution < 1.29 is 9.18 Å². The van der Waals surface area contributed by atoms with Gasteiger partial charge >= 0.3 is 0 Å². The number of aromatic nitrogens is 1. The van der Waals surface area contributed by atoms with E-state index in [0.717, 1.165) is 38.0 Å². The lowest BCUT2D eigenvalue weighted by molar-refractivity contribution is -0.122. The fourth-order valence-corrected chi connectivity index (χ4v) is 3.74. The molecule has 0 aliphatic carbocycles. The Labute approximate surface area is 146 Å². The van der Waals surface area contributed by atoms with E-state index in [1.54, 1.807) is 12.3 Å². The number of anilines is 1. The molecular weight excluding hydrogens is 329 g/mol. The van der Waals surface area contributed by atoms with Crippen LogP contribution in [0.2, 0.25) is 0 Å². The minimum absolute atomic E-state index is 0. The molecule has 0 atom stereocenters. The lowest BCUT2D eigenvalue weighted by atomic mass is 9.73. The summed E-state index contributed by atoms with van der Waals surface area (Å²) in [7, 11) is 0. The number of piperidine rings is 1. The molecule has 4 rings (SSSR count). The van der Waals surface area contributed by atoms with E-state index in [9.17, 15) is 9.18 Å². The molecule has 1 aromatic carbocycles. The van der Waals surface area contributed by atoms with Crippen LogP contribution in [-0.2, 0) is 16.8 Å². The van der Waals surface area contributed by atoms with Gasteiger partial charge in [0, 0.05) is 18.9 Å². The van der Waals surface area contributed by atoms with Crippen molar-refractivity contribution in [1.82, 2.24) is 9.88 Å². The Balaban J connectivity index is 0.00000169. The van der Waals surface area contributed by atoms with Gasteiger partial charge in [-0.25, -0.2) is 4.39 Å². The highest BCUT2D eigenvalue weighted by molar-refractivity contribution is 6.06. The van der Waals surface area contributed by atoms with Crippen LogP contribution < -0.4 is 5.32 Å². The number of hydrogen-bond donors (Lipinski definition) is 1. The lowest BCUT2D eigenvalue weighted by Crippen LogP contribution is -2.46. The average molecular weight is 348 g/mol. The van der Waals surface area contributed by atoms with Gasteiger partial charge in [-0.15, -0.1) is 12.4 Å².